The van der Waals surface area contributed by atoms with Gasteiger partial charge in [-0.2, -0.15) is 0 Å². The van der Waals surface area contributed by atoms with Crippen LogP contribution in [0.1, 0.15) is 40.0 Å². The van der Waals surface area contributed by atoms with Gasteiger partial charge in [0.05, 0.1) is 0 Å². The smallest absolute Gasteiger partial charge is 0.115 e. The lowest BCUT2D eigenvalue weighted by molar-refractivity contribution is 0.0535. The fraction of sp³-hybridized carbons (Fsp3) is 1.00. The highest BCUT2D eigenvalue weighted by Crippen LogP contribution is 2.54. The van der Waals surface area contributed by atoms with Gasteiger partial charge < -0.3 is 0 Å². The summed E-state index contributed by atoms with van der Waals surface area (Å²) in [7, 11) is 1.95. The third-order valence-electron chi connectivity index (χ3n) is 4.57. The number of nitrogens with zero attached hydrogens (tertiary/aromatic N) is 1. The molecule has 1 aliphatic heterocycles. The number of alkyl halides is 2. The van der Waals surface area contributed by atoms with Gasteiger partial charge in [0.25, 0.3) is 0 Å². The van der Waals surface area contributed by atoms with Crippen molar-refractivity contribution < 1.29 is 8.78 Å². The van der Waals surface area contributed by atoms with Gasteiger partial charge in [-0.1, -0.05) is 20.8 Å². The van der Waals surface area contributed by atoms with Crippen molar-refractivity contribution >= 4 is 0 Å². The van der Waals surface area contributed by atoms with Gasteiger partial charge in [0, 0.05) is 12.1 Å². The summed E-state index contributed by atoms with van der Waals surface area (Å²) in [4.78, 5) is 2.08. The molecular formula is C13H23F2N. The van der Waals surface area contributed by atoms with E-state index in [9.17, 15) is 8.78 Å². The first-order valence-corrected chi connectivity index (χ1v) is 6.25. The van der Waals surface area contributed by atoms with Crippen LogP contribution in [0.3, 0.4) is 0 Å². The summed E-state index contributed by atoms with van der Waals surface area (Å²) in [5, 5.41) is 0. The molecule has 0 bridgehead atoms. The molecule has 0 aromatic heterocycles. The van der Waals surface area contributed by atoms with Crippen LogP contribution in [0.15, 0.2) is 0 Å². The number of hydrogen-bond donors (Lipinski definition) is 0. The molecule has 2 rings (SSSR count). The second-order valence-electron chi connectivity index (χ2n) is 6.74. The van der Waals surface area contributed by atoms with E-state index in [2.05, 4.69) is 25.7 Å². The van der Waals surface area contributed by atoms with Gasteiger partial charge in [-0.3, -0.25) is 4.90 Å². The van der Waals surface area contributed by atoms with Crippen LogP contribution >= 0.6 is 0 Å². The molecule has 94 valence electrons. The monoisotopic (exact) mass is 231 g/mol. The van der Waals surface area contributed by atoms with E-state index >= 15 is 0 Å². The van der Waals surface area contributed by atoms with Crippen molar-refractivity contribution in [2.45, 2.75) is 57.9 Å². The highest BCUT2D eigenvalue weighted by atomic mass is 19.1. The Bertz CT molecular complexity index is 270. The number of likely N-dealkylation sites (tertiary alicyclic amines) is 1. The Balaban J connectivity index is 2.31. The lowest BCUT2D eigenvalue weighted by Crippen LogP contribution is -2.48. The molecule has 1 spiro atoms. The Hall–Kier alpha value is -0.180. The molecule has 1 nitrogen and oxygen atoms in total. The third kappa shape index (κ3) is 1.77. The van der Waals surface area contributed by atoms with Crippen LogP contribution in [0.4, 0.5) is 8.78 Å². The van der Waals surface area contributed by atoms with E-state index in [1.807, 2.05) is 7.05 Å². The van der Waals surface area contributed by atoms with Crippen LogP contribution in [-0.2, 0) is 0 Å². The summed E-state index contributed by atoms with van der Waals surface area (Å²) >= 11 is 0. The van der Waals surface area contributed by atoms with E-state index in [1.165, 1.54) is 0 Å². The zero-order valence-electron chi connectivity index (χ0n) is 10.8. The predicted octanol–water partition coefficient (Wildman–Crippen LogP) is 3.19. The molecule has 1 saturated carbocycles. The van der Waals surface area contributed by atoms with Gasteiger partial charge in [-0.15, -0.1) is 0 Å². The fourth-order valence-electron chi connectivity index (χ4n) is 3.97. The lowest BCUT2D eigenvalue weighted by Gasteiger charge is -2.44. The van der Waals surface area contributed by atoms with Crippen molar-refractivity contribution in [1.29, 1.82) is 0 Å². The first kappa shape index (κ1) is 12.3. The summed E-state index contributed by atoms with van der Waals surface area (Å²) in [6, 6.07) is 0. The summed E-state index contributed by atoms with van der Waals surface area (Å²) < 4.78 is 27.3. The average molecular weight is 231 g/mol. The van der Waals surface area contributed by atoms with Crippen LogP contribution in [0.2, 0.25) is 0 Å². The summed E-state index contributed by atoms with van der Waals surface area (Å²) in [6.45, 7) is 6.92. The minimum Gasteiger partial charge on any atom is -0.297 e. The predicted molar refractivity (Wildman–Crippen MR) is 61.9 cm³/mol. The molecule has 4 atom stereocenters. The van der Waals surface area contributed by atoms with E-state index in [0.717, 1.165) is 0 Å². The normalized spacial score (nSPS) is 45.8. The van der Waals surface area contributed by atoms with Crippen molar-refractivity contribution in [1.82, 2.24) is 4.90 Å². The quantitative estimate of drug-likeness (QED) is 0.619. The van der Waals surface area contributed by atoms with Crippen molar-refractivity contribution in [2.75, 3.05) is 13.6 Å². The maximum atomic E-state index is 13.8. The number of rotatable bonds is 0. The molecule has 2 aliphatic rings. The molecule has 4 unspecified atom stereocenters. The zero-order valence-corrected chi connectivity index (χ0v) is 10.8. The van der Waals surface area contributed by atoms with Crippen LogP contribution in [0.25, 0.3) is 0 Å². The molecule has 1 aliphatic carbocycles. The molecule has 1 saturated heterocycles. The van der Waals surface area contributed by atoms with Crippen LogP contribution < -0.4 is 0 Å². The van der Waals surface area contributed by atoms with E-state index in [4.69, 9.17) is 0 Å². The van der Waals surface area contributed by atoms with Crippen molar-refractivity contribution in [3.8, 4) is 0 Å². The van der Waals surface area contributed by atoms with E-state index in [-0.39, 0.29) is 16.9 Å². The average Bonchev–Trinajstić information content (AvgIpc) is 2.54. The Morgan fingerprint density at radius 3 is 2.12 bits per heavy atom. The second kappa shape index (κ2) is 3.66. The highest BCUT2D eigenvalue weighted by Gasteiger charge is 2.57. The van der Waals surface area contributed by atoms with Gasteiger partial charge in [0.2, 0.25) is 0 Å². The largest absolute Gasteiger partial charge is 0.297 e. The maximum Gasteiger partial charge on any atom is 0.115 e. The van der Waals surface area contributed by atoms with Crippen LogP contribution in [0, 0.1) is 11.3 Å². The fourth-order valence-corrected chi connectivity index (χ4v) is 3.97. The minimum absolute atomic E-state index is 0.0547. The molecule has 0 amide bonds. The molecule has 1 heterocycles. The summed E-state index contributed by atoms with van der Waals surface area (Å²) in [5.74, 6) is 0.265. The Morgan fingerprint density at radius 2 is 1.69 bits per heavy atom. The molecular weight excluding hydrogens is 208 g/mol. The van der Waals surface area contributed by atoms with Gasteiger partial charge in [-0.05, 0) is 37.6 Å². The maximum absolute atomic E-state index is 13.8. The molecule has 0 radical (unpaired) electrons. The van der Waals surface area contributed by atoms with E-state index < -0.39 is 12.3 Å². The van der Waals surface area contributed by atoms with Crippen LogP contribution in [-0.4, -0.2) is 36.4 Å². The first-order chi connectivity index (χ1) is 7.25. The van der Waals surface area contributed by atoms with Crippen LogP contribution in [0.5, 0.6) is 0 Å². The third-order valence-corrected chi connectivity index (χ3v) is 4.57. The lowest BCUT2D eigenvalue weighted by atomic mass is 9.69. The van der Waals surface area contributed by atoms with Gasteiger partial charge in [0.15, 0.2) is 0 Å². The zero-order chi connectivity index (χ0) is 12.1. The Kier molecular flexibility index (Phi) is 2.81. The molecule has 3 heteroatoms. The molecule has 2 fully saturated rings. The standard InChI is InChI=1S/C13H23F2N/c1-12(2,3)11-5-9(14)6-13(11)7-10(15)8-16(13)4/h9-11H,5-8H2,1-4H3. The summed E-state index contributed by atoms with van der Waals surface area (Å²) in [6.07, 6.45) is 0.107. The van der Waals surface area contributed by atoms with Gasteiger partial charge >= 0.3 is 0 Å². The number of hydrogen-bond acceptors (Lipinski definition) is 1. The van der Waals surface area contributed by atoms with Gasteiger partial charge in [-0.25, -0.2) is 8.78 Å². The van der Waals surface area contributed by atoms with Gasteiger partial charge in [0.1, 0.15) is 12.3 Å². The van der Waals surface area contributed by atoms with Crippen molar-refractivity contribution in [2.24, 2.45) is 11.3 Å². The SMILES string of the molecule is CN1CC(F)CC12CC(F)CC2C(C)(C)C. The number of halogens is 2. The Labute approximate surface area is 97.2 Å². The van der Waals surface area contributed by atoms with Crippen molar-refractivity contribution in [3.05, 3.63) is 0 Å². The minimum atomic E-state index is -0.778. The summed E-state index contributed by atoms with van der Waals surface area (Å²) in [5.41, 5.74) is -0.170. The van der Waals surface area contributed by atoms with E-state index in [0.29, 0.717) is 25.8 Å². The van der Waals surface area contributed by atoms with Crippen molar-refractivity contribution in [3.63, 3.8) is 0 Å². The second-order valence-corrected chi connectivity index (χ2v) is 6.74. The topological polar surface area (TPSA) is 3.24 Å². The Morgan fingerprint density at radius 1 is 1.12 bits per heavy atom. The first-order valence-electron chi connectivity index (χ1n) is 6.25. The molecule has 0 aromatic carbocycles. The molecule has 0 N–H and O–H groups in total. The molecule has 0 aromatic rings. The molecule has 16 heavy (non-hydrogen) atoms. The highest BCUT2D eigenvalue weighted by molar-refractivity contribution is 5.11. The van der Waals surface area contributed by atoms with E-state index in [1.54, 1.807) is 0 Å².